The van der Waals surface area contributed by atoms with Crippen molar-refractivity contribution in [3.8, 4) is 5.75 Å². The first-order valence-electron chi connectivity index (χ1n) is 11.6. The quantitative estimate of drug-likeness (QED) is 0.373. The van der Waals surface area contributed by atoms with Crippen LogP contribution in [0.1, 0.15) is 47.4 Å². The molecule has 0 bridgehead atoms. The van der Waals surface area contributed by atoms with E-state index in [1.54, 1.807) is 19.1 Å². The largest absolute Gasteiger partial charge is 0.488 e. The zero-order chi connectivity index (χ0) is 26.4. The summed E-state index contributed by atoms with van der Waals surface area (Å²) >= 11 is 1.16. The standard InChI is InChI=1S/C25H23F5N4O2S/c1-14-2-4-16(9-18(14)26)24(22-31-13-32-37-22)6-7-34(12-24)23(35)33-19-8-15(21(27)28)3-5-20(19)36-17-10-25(29,30)11-17/h2-5,8-9,13,17,21H,6-7,10-12H2,1H3,(H,33,35)/t24-/m1/s1. The van der Waals surface area contributed by atoms with Gasteiger partial charge in [-0.1, -0.05) is 12.1 Å². The van der Waals surface area contributed by atoms with Crippen LogP contribution in [0.2, 0.25) is 0 Å². The number of amides is 2. The third-order valence-electron chi connectivity index (χ3n) is 6.90. The van der Waals surface area contributed by atoms with Gasteiger partial charge in [0.25, 0.3) is 12.3 Å². The zero-order valence-electron chi connectivity index (χ0n) is 19.7. The summed E-state index contributed by atoms with van der Waals surface area (Å²) in [7, 11) is 0. The number of hydrogen-bond donors (Lipinski definition) is 1. The Morgan fingerprint density at radius 1 is 1.22 bits per heavy atom. The minimum Gasteiger partial charge on any atom is -0.488 e. The number of benzene rings is 2. The summed E-state index contributed by atoms with van der Waals surface area (Å²) in [5, 5.41) is 3.24. The summed E-state index contributed by atoms with van der Waals surface area (Å²) in [6, 6.07) is 7.78. The molecule has 3 aromatic rings. The van der Waals surface area contributed by atoms with E-state index in [4.69, 9.17) is 4.74 Å². The van der Waals surface area contributed by atoms with E-state index in [1.165, 1.54) is 23.4 Å². The summed E-state index contributed by atoms with van der Waals surface area (Å²) in [5.41, 5.74) is -0.0415. The first-order chi connectivity index (χ1) is 17.6. The van der Waals surface area contributed by atoms with Gasteiger partial charge in [-0.05, 0) is 60.3 Å². The number of anilines is 1. The number of urea groups is 1. The van der Waals surface area contributed by atoms with Gasteiger partial charge in [0, 0.05) is 31.5 Å². The average Bonchev–Trinajstić information content (AvgIpc) is 3.52. The number of aromatic nitrogens is 2. The lowest BCUT2D eigenvalue weighted by molar-refractivity contribution is -0.134. The van der Waals surface area contributed by atoms with E-state index in [0.29, 0.717) is 22.6 Å². The smallest absolute Gasteiger partial charge is 0.321 e. The van der Waals surface area contributed by atoms with E-state index >= 15 is 0 Å². The van der Waals surface area contributed by atoms with Crippen LogP contribution < -0.4 is 10.1 Å². The van der Waals surface area contributed by atoms with Crippen molar-refractivity contribution in [3.05, 3.63) is 70.2 Å². The zero-order valence-corrected chi connectivity index (χ0v) is 20.5. The summed E-state index contributed by atoms with van der Waals surface area (Å²) < 4.78 is 77.4. The van der Waals surface area contributed by atoms with Crippen molar-refractivity contribution in [1.82, 2.24) is 14.3 Å². The van der Waals surface area contributed by atoms with Gasteiger partial charge in [0.15, 0.2) is 0 Å². The molecule has 1 aliphatic heterocycles. The van der Waals surface area contributed by atoms with Crippen molar-refractivity contribution in [3.63, 3.8) is 0 Å². The molecule has 1 N–H and O–H groups in total. The molecule has 2 amide bonds. The molecule has 1 aromatic heterocycles. The van der Waals surface area contributed by atoms with Gasteiger partial charge < -0.3 is 15.0 Å². The number of nitrogens with one attached hydrogen (secondary N) is 1. The van der Waals surface area contributed by atoms with Crippen LogP contribution in [0.5, 0.6) is 5.75 Å². The minimum atomic E-state index is -2.82. The molecular formula is C25H23F5N4O2S. The average molecular weight is 539 g/mol. The van der Waals surface area contributed by atoms with E-state index in [2.05, 4.69) is 14.7 Å². The van der Waals surface area contributed by atoms with Crippen LogP contribution in [0.4, 0.5) is 32.4 Å². The van der Waals surface area contributed by atoms with Crippen molar-refractivity contribution >= 4 is 23.3 Å². The molecule has 2 aliphatic rings. The summed E-state index contributed by atoms with van der Waals surface area (Å²) in [6.45, 7) is 2.08. The normalized spacial score (nSPS) is 21.2. The highest BCUT2D eigenvalue weighted by molar-refractivity contribution is 7.05. The fraction of sp³-hybridized carbons (Fsp3) is 0.400. The number of rotatable bonds is 6. The minimum absolute atomic E-state index is 0.0344. The molecule has 196 valence electrons. The topological polar surface area (TPSA) is 67.4 Å². The second-order valence-corrected chi connectivity index (χ2v) is 10.2. The number of carbonyl (C=O) groups is 1. The van der Waals surface area contributed by atoms with Crippen LogP contribution >= 0.6 is 11.5 Å². The van der Waals surface area contributed by atoms with Crippen LogP contribution in [0.15, 0.2) is 42.7 Å². The van der Waals surface area contributed by atoms with Gasteiger partial charge >= 0.3 is 6.03 Å². The van der Waals surface area contributed by atoms with Crippen LogP contribution in [0.3, 0.4) is 0 Å². The van der Waals surface area contributed by atoms with E-state index in [0.717, 1.165) is 23.7 Å². The molecule has 5 rings (SSSR count). The monoisotopic (exact) mass is 538 g/mol. The predicted octanol–water partition coefficient (Wildman–Crippen LogP) is 6.32. The predicted molar refractivity (Wildman–Crippen MR) is 127 cm³/mol. The first-order valence-corrected chi connectivity index (χ1v) is 12.4. The molecule has 1 saturated heterocycles. The van der Waals surface area contributed by atoms with Crippen LogP contribution in [-0.4, -0.2) is 45.4 Å². The second-order valence-electron chi connectivity index (χ2n) is 9.45. The number of alkyl halides is 4. The van der Waals surface area contributed by atoms with E-state index in [1.807, 2.05) is 0 Å². The van der Waals surface area contributed by atoms with Crippen molar-refractivity contribution in [2.45, 2.75) is 50.1 Å². The van der Waals surface area contributed by atoms with E-state index < -0.39 is 42.7 Å². The maximum Gasteiger partial charge on any atom is 0.321 e. The molecule has 37 heavy (non-hydrogen) atoms. The summed E-state index contributed by atoms with van der Waals surface area (Å²) in [4.78, 5) is 19.1. The van der Waals surface area contributed by atoms with Gasteiger partial charge in [0.2, 0.25) is 0 Å². The number of carbonyl (C=O) groups excluding carboxylic acids is 1. The molecule has 1 aliphatic carbocycles. The lowest BCUT2D eigenvalue weighted by Crippen LogP contribution is -2.43. The third-order valence-corrected chi connectivity index (χ3v) is 7.76. The van der Waals surface area contributed by atoms with E-state index in [-0.39, 0.29) is 35.9 Å². The molecule has 2 fully saturated rings. The van der Waals surface area contributed by atoms with Crippen molar-refractivity contribution in [1.29, 1.82) is 0 Å². The van der Waals surface area contributed by atoms with Gasteiger partial charge in [-0.2, -0.15) is 4.37 Å². The number of hydrogen-bond acceptors (Lipinski definition) is 5. The van der Waals surface area contributed by atoms with Gasteiger partial charge in [0.1, 0.15) is 29.0 Å². The van der Waals surface area contributed by atoms with Gasteiger partial charge in [-0.3, -0.25) is 0 Å². The molecule has 1 atom stereocenters. The molecule has 2 aromatic carbocycles. The molecule has 12 heteroatoms. The Morgan fingerprint density at radius 3 is 2.65 bits per heavy atom. The summed E-state index contributed by atoms with van der Waals surface area (Å²) in [5.74, 6) is -3.17. The molecule has 0 unspecified atom stereocenters. The fourth-order valence-electron chi connectivity index (χ4n) is 4.74. The molecule has 2 heterocycles. The maximum atomic E-state index is 14.5. The lowest BCUT2D eigenvalue weighted by atomic mass is 9.80. The number of likely N-dealkylation sites (tertiary alicyclic amines) is 1. The highest BCUT2D eigenvalue weighted by atomic mass is 32.1. The summed E-state index contributed by atoms with van der Waals surface area (Å²) in [6.07, 6.45) is -2.71. The molecule has 1 saturated carbocycles. The number of halogens is 5. The Kier molecular flexibility index (Phi) is 6.55. The first kappa shape index (κ1) is 25.4. The molecule has 0 spiro atoms. The lowest BCUT2D eigenvalue weighted by Gasteiger charge is -2.35. The number of nitrogens with zero attached hydrogens (tertiary/aromatic N) is 3. The van der Waals surface area contributed by atoms with Crippen LogP contribution in [0.25, 0.3) is 0 Å². The SMILES string of the molecule is Cc1ccc([C@@]2(c3ncns3)CCN(C(=O)Nc3cc(C(F)F)ccc3OC3CC(F)(F)C3)C2)cc1F. The second kappa shape index (κ2) is 9.55. The molecule has 6 nitrogen and oxygen atoms in total. The molecule has 0 radical (unpaired) electrons. The Hall–Kier alpha value is -3.28. The van der Waals surface area contributed by atoms with Crippen LogP contribution in [0, 0.1) is 12.7 Å². The highest BCUT2D eigenvalue weighted by Crippen LogP contribution is 2.43. The Labute approximate surface area is 213 Å². The van der Waals surface area contributed by atoms with Crippen molar-refractivity contribution in [2.75, 3.05) is 18.4 Å². The number of ether oxygens (including phenoxy) is 1. The number of aryl methyl sites for hydroxylation is 1. The van der Waals surface area contributed by atoms with Gasteiger partial charge in [-0.25, -0.2) is 31.7 Å². The Bertz CT molecular complexity index is 1300. The third kappa shape index (κ3) is 4.98. The van der Waals surface area contributed by atoms with Crippen LogP contribution in [-0.2, 0) is 5.41 Å². The highest BCUT2D eigenvalue weighted by Gasteiger charge is 2.48. The Morgan fingerprint density at radius 2 is 2.00 bits per heavy atom. The van der Waals surface area contributed by atoms with Gasteiger partial charge in [0.05, 0.1) is 11.1 Å². The maximum absolute atomic E-state index is 14.5. The Balaban J connectivity index is 1.39. The fourth-order valence-corrected chi connectivity index (χ4v) is 5.49. The van der Waals surface area contributed by atoms with E-state index in [9.17, 15) is 26.7 Å². The molecular weight excluding hydrogens is 515 g/mol. The van der Waals surface area contributed by atoms with Crippen molar-refractivity contribution in [2.24, 2.45) is 0 Å². The van der Waals surface area contributed by atoms with Gasteiger partial charge in [-0.15, -0.1) is 0 Å². The van der Waals surface area contributed by atoms with Crippen molar-refractivity contribution < 1.29 is 31.5 Å².